The molecule has 0 aromatic rings. The molecule has 0 heterocycles. The fourth-order valence-electron chi connectivity index (χ4n) is 0.949. The van der Waals surface area contributed by atoms with Crippen molar-refractivity contribution in [3.8, 4) is 0 Å². The molecule has 0 aromatic heterocycles. The molecular weight excluding hydrogens is 316 g/mol. The van der Waals surface area contributed by atoms with E-state index in [0.29, 0.717) is 6.92 Å². The smallest absolute Gasteiger partial charge is 0.441 e. The van der Waals surface area contributed by atoms with Gasteiger partial charge in [-0.2, -0.15) is 26.3 Å². The second-order valence-electron chi connectivity index (χ2n) is 3.54. The van der Waals surface area contributed by atoms with Gasteiger partial charge < -0.3 is 14.3 Å². The van der Waals surface area contributed by atoms with E-state index in [2.05, 4.69) is 14.3 Å². The fraction of sp³-hybridized carbons (Fsp3) is 0.667. The highest BCUT2D eigenvalue weighted by Crippen LogP contribution is 2.31. The third kappa shape index (κ3) is 4.49. The van der Waals surface area contributed by atoms with E-state index >= 15 is 0 Å². The molecule has 0 amide bonds. The SMILES string of the molecule is COC(=O)C(C)(ON=C(C(F)(F)F)C(F)(F)F)C(=O)OC. The van der Waals surface area contributed by atoms with Gasteiger partial charge in [0.2, 0.25) is 0 Å². The van der Waals surface area contributed by atoms with Crippen molar-refractivity contribution in [1.29, 1.82) is 0 Å². The van der Waals surface area contributed by atoms with Crippen molar-refractivity contribution in [3.05, 3.63) is 0 Å². The second-order valence-corrected chi connectivity index (χ2v) is 3.54. The molecule has 0 aromatic carbocycles. The fourth-order valence-corrected chi connectivity index (χ4v) is 0.949. The first-order chi connectivity index (χ1) is 9.30. The van der Waals surface area contributed by atoms with Crippen LogP contribution in [0.1, 0.15) is 6.92 Å². The highest BCUT2D eigenvalue weighted by molar-refractivity contribution is 6.03. The van der Waals surface area contributed by atoms with Crippen LogP contribution in [0, 0.1) is 0 Å². The van der Waals surface area contributed by atoms with Crippen LogP contribution in [0.4, 0.5) is 26.3 Å². The van der Waals surface area contributed by atoms with Crippen molar-refractivity contribution in [1.82, 2.24) is 0 Å². The first-order valence-electron chi connectivity index (χ1n) is 4.88. The van der Waals surface area contributed by atoms with Crippen molar-refractivity contribution in [3.63, 3.8) is 0 Å². The van der Waals surface area contributed by atoms with E-state index in [9.17, 15) is 35.9 Å². The molecule has 0 fully saturated rings. The summed E-state index contributed by atoms with van der Waals surface area (Å²) >= 11 is 0. The van der Waals surface area contributed by atoms with E-state index in [1.54, 1.807) is 0 Å². The molecule has 6 nitrogen and oxygen atoms in total. The van der Waals surface area contributed by atoms with Gasteiger partial charge in [0.25, 0.3) is 5.71 Å². The topological polar surface area (TPSA) is 74.2 Å². The molecule has 0 atom stereocenters. The highest BCUT2D eigenvalue weighted by atomic mass is 19.4. The average molecular weight is 325 g/mol. The zero-order chi connectivity index (χ0) is 17.1. The van der Waals surface area contributed by atoms with Gasteiger partial charge in [0.1, 0.15) is 0 Å². The van der Waals surface area contributed by atoms with Crippen LogP contribution in [0.25, 0.3) is 0 Å². The van der Waals surface area contributed by atoms with Gasteiger partial charge in [-0.25, -0.2) is 9.59 Å². The van der Waals surface area contributed by atoms with Crippen LogP contribution in [-0.2, 0) is 23.9 Å². The molecule has 0 aliphatic carbocycles. The minimum Gasteiger partial charge on any atom is -0.466 e. The quantitative estimate of drug-likeness (QED) is 0.258. The summed E-state index contributed by atoms with van der Waals surface area (Å²) in [5.74, 6) is -3.19. The minimum absolute atomic E-state index is 0.540. The molecule has 0 rings (SSSR count). The Balaban J connectivity index is 5.69. The van der Waals surface area contributed by atoms with Crippen molar-refractivity contribution in [2.45, 2.75) is 24.9 Å². The lowest BCUT2D eigenvalue weighted by Gasteiger charge is -2.22. The molecule has 122 valence electrons. The molecule has 0 N–H and O–H groups in total. The Morgan fingerprint density at radius 2 is 1.19 bits per heavy atom. The minimum atomic E-state index is -5.91. The monoisotopic (exact) mass is 325 g/mol. The number of hydrogen-bond donors (Lipinski definition) is 0. The number of nitrogens with zero attached hydrogens (tertiary/aromatic N) is 1. The number of alkyl halides is 6. The van der Waals surface area contributed by atoms with Crippen molar-refractivity contribution in [2.24, 2.45) is 5.16 Å². The van der Waals surface area contributed by atoms with Crippen molar-refractivity contribution >= 4 is 17.7 Å². The highest BCUT2D eigenvalue weighted by Gasteiger charge is 2.56. The van der Waals surface area contributed by atoms with Crippen LogP contribution in [-0.4, -0.2) is 49.8 Å². The van der Waals surface area contributed by atoms with Crippen LogP contribution in [0.2, 0.25) is 0 Å². The number of methoxy groups -OCH3 is 2. The van der Waals surface area contributed by atoms with Crippen LogP contribution in [0.15, 0.2) is 5.16 Å². The molecule has 0 aliphatic heterocycles. The summed E-state index contributed by atoms with van der Waals surface area (Å²) in [6, 6.07) is 0. The Morgan fingerprint density at radius 3 is 1.43 bits per heavy atom. The van der Waals surface area contributed by atoms with Gasteiger partial charge in [-0.15, -0.1) is 0 Å². The number of ether oxygens (including phenoxy) is 2. The third-order valence-electron chi connectivity index (χ3n) is 2.01. The molecule has 12 heteroatoms. The van der Waals surface area contributed by atoms with Gasteiger partial charge in [-0.05, 0) is 0 Å². The standard InChI is InChI=1S/C9H9F6NO5/c1-7(5(17)19-2,6(18)20-3)21-16-4(8(10,11)12)9(13,14)15/h1-3H3. The number of esters is 2. The number of rotatable bonds is 4. The average Bonchev–Trinajstić information content (AvgIpc) is 2.33. The summed E-state index contributed by atoms with van der Waals surface area (Å²) in [7, 11) is 1.45. The Kier molecular flexibility index (Phi) is 5.59. The maximum Gasteiger partial charge on any atom is 0.441 e. The summed E-state index contributed by atoms with van der Waals surface area (Å²) in [6.07, 6.45) is -11.8. The zero-order valence-electron chi connectivity index (χ0n) is 10.8. The summed E-state index contributed by atoms with van der Waals surface area (Å²) in [5.41, 5.74) is -6.21. The van der Waals surface area contributed by atoms with Gasteiger partial charge in [0.05, 0.1) is 14.2 Å². The summed E-state index contributed by atoms with van der Waals surface area (Å²) < 4.78 is 81.3. The maximum atomic E-state index is 12.2. The normalized spacial score (nSPS) is 12.4. The van der Waals surface area contributed by atoms with E-state index in [4.69, 9.17) is 0 Å². The Morgan fingerprint density at radius 1 is 0.857 bits per heavy atom. The second kappa shape index (κ2) is 6.18. The van der Waals surface area contributed by atoms with Crippen LogP contribution in [0.5, 0.6) is 0 Å². The predicted octanol–water partition coefficient (Wildman–Crippen LogP) is 1.59. The van der Waals surface area contributed by atoms with E-state index in [1.165, 1.54) is 0 Å². The summed E-state index contributed by atoms with van der Waals surface area (Å²) in [6.45, 7) is 0.540. The van der Waals surface area contributed by atoms with E-state index < -0.39 is 35.6 Å². The van der Waals surface area contributed by atoms with Gasteiger partial charge >= 0.3 is 29.9 Å². The van der Waals surface area contributed by atoms with E-state index in [-0.39, 0.29) is 0 Å². The summed E-state index contributed by atoms with van der Waals surface area (Å²) in [5, 5.41) is 1.84. The van der Waals surface area contributed by atoms with Gasteiger partial charge in [0.15, 0.2) is 0 Å². The zero-order valence-corrected chi connectivity index (χ0v) is 10.8. The first kappa shape index (κ1) is 19.0. The molecule has 21 heavy (non-hydrogen) atoms. The summed E-state index contributed by atoms with van der Waals surface area (Å²) in [4.78, 5) is 26.4. The van der Waals surface area contributed by atoms with Gasteiger partial charge in [-0.1, -0.05) is 5.16 Å². The number of oxime groups is 1. The van der Waals surface area contributed by atoms with E-state index in [1.807, 2.05) is 5.16 Å². The van der Waals surface area contributed by atoms with Crippen LogP contribution < -0.4 is 0 Å². The molecule has 0 unspecified atom stereocenters. The lowest BCUT2D eigenvalue weighted by molar-refractivity contribution is -0.187. The predicted molar refractivity (Wildman–Crippen MR) is 53.1 cm³/mol. The number of carbonyl (C=O) groups excluding carboxylic acids is 2. The molecule has 0 saturated carbocycles. The number of halogens is 6. The molecule has 0 spiro atoms. The van der Waals surface area contributed by atoms with E-state index in [0.717, 1.165) is 14.2 Å². The third-order valence-corrected chi connectivity index (χ3v) is 2.01. The lowest BCUT2D eigenvalue weighted by Crippen LogP contribution is -2.48. The Labute approximate surface area is 113 Å². The van der Waals surface area contributed by atoms with Crippen LogP contribution >= 0.6 is 0 Å². The molecule has 0 radical (unpaired) electrons. The molecule has 0 aliphatic rings. The lowest BCUT2D eigenvalue weighted by atomic mass is 10.1. The largest absolute Gasteiger partial charge is 0.466 e. The first-order valence-corrected chi connectivity index (χ1v) is 4.88. The van der Waals surface area contributed by atoms with Gasteiger partial charge in [0, 0.05) is 6.92 Å². The Hall–Kier alpha value is -2.01. The van der Waals surface area contributed by atoms with Gasteiger partial charge in [-0.3, -0.25) is 0 Å². The maximum absolute atomic E-state index is 12.2. The van der Waals surface area contributed by atoms with Crippen molar-refractivity contribution < 1.29 is 50.2 Å². The molecular formula is C9H9F6NO5. The molecule has 0 bridgehead atoms. The number of carbonyl (C=O) groups is 2. The van der Waals surface area contributed by atoms with Crippen molar-refractivity contribution in [2.75, 3.05) is 14.2 Å². The molecule has 0 saturated heterocycles. The van der Waals surface area contributed by atoms with Crippen LogP contribution in [0.3, 0.4) is 0 Å². The number of hydrogen-bond acceptors (Lipinski definition) is 6. The Bertz CT molecular complexity index is 409.